The predicted octanol–water partition coefficient (Wildman–Crippen LogP) is 3.87. The van der Waals surface area contributed by atoms with Crippen molar-refractivity contribution in [3.63, 3.8) is 0 Å². The number of hydrogen-bond donors (Lipinski definition) is 0. The second-order valence-corrected chi connectivity index (χ2v) is 5.31. The lowest BCUT2D eigenvalue weighted by atomic mass is 10.1. The predicted molar refractivity (Wildman–Crippen MR) is 73.4 cm³/mol. The number of carbonyl (C=O) groups excluding carboxylic acids is 1. The van der Waals surface area contributed by atoms with Gasteiger partial charge in [-0.05, 0) is 25.5 Å². The Bertz CT molecular complexity index is 607. The van der Waals surface area contributed by atoms with Gasteiger partial charge < -0.3 is 4.74 Å². The standard InChI is InChI=1S/C13H12ClNO2S/c1-7-4-5-8(2)9(6-7)12-15-11(14)10(18-12)13(16)17-3/h4-6H,1-3H3. The summed E-state index contributed by atoms with van der Waals surface area (Å²) in [5, 5.41) is 0.935. The summed E-state index contributed by atoms with van der Waals surface area (Å²) in [5.74, 6) is -0.450. The van der Waals surface area contributed by atoms with Gasteiger partial charge in [0.05, 0.1) is 7.11 Å². The first-order chi connectivity index (χ1) is 8.52. The van der Waals surface area contributed by atoms with Crippen molar-refractivity contribution in [2.45, 2.75) is 13.8 Å². The monoisotopic (exact) mass is 281 g/mol. The Kier molecular flexibility index (Phi) is 3.68. The minimum absolute atomic E-state index is 0.197. The fourth-order valence-electron chi connectivity index (χ4n) is 1.60. The zero-order chi connectivity index (χ0) is 13.3. The van der Waals surface area contributed by atoms with E-state index in [4.69, 9.17) is 11.6 Å². The number of nitrogens with zero attached hydrogens (tertiary/aromatic N) is 1. The lowest BCUT2D eigenvalue weighted by molar-refractivity contribution is 0.0606. The molecule has 18 heavy (non-hydrogen) atoms. The first-order valence-electron chi connectivity index (χ1n) is 5.35. The Balaban J connectivity index is 2.52. The summed E-state index contributed by atoms with van der Waals surface area (Å²) in [6.07, 6.45) is 0. The van der Waals surface area contributed by atoms with Gasteiger partial charge in [0.2, 0.25) is 0 Å². The van der Waals surface area contributed by atoms with Crippen LogP contribution in [0.2, 0.25) is 5.15 Å². The van der Waals surface area contributed by atoms with Crippen molar-refractivity contribution < 1.29 is 9.53 Å². The molecule has 0 aliphatic rings. The highest BCUT2D eigenvalue weighted by molar-refractivity contribution is 7.17. The lowest BCUT2D eigenvalue weighted by Gasteiger charge is -2.02. The van der Waals surface area contributed by atoms with E-state index in [0.717, 1.165) is 21.7 Å². The van der Waals surface area contributed by atoms with Gasteiger partial charge in [-0.3, -0.25) is 0 Å². The number of aryl methyl sites for hydroxylation is 2. The molecule has 0 aliphatic heterocycles. The van der Waals surface area contributed by atoms with Gasteiger partial charge >= 0.3 is 5.97 Å². The topological polar surface area (TPSA) is 39.2 Å². The number of halogens is 1. The number of thiazole rings is 1. The van der Waals surface area contributed by atoms with Crippen molar-refractivity contribution in [1.82, 2.24) is 4.98 Å². The maximum atomic E-state index is 11.5. The van der Waals surface area contributed by atoms with E-state index in [1.807, 2.05) is 32.0 Å². The quantitative estimate of drug-likeness (QED) is 0.785. The summed E-state index contributed by atoms with van der Waals surface area (Å²) in [6.45, 7) is 4.02. The van der Waals surface area contributed by atoms with E-state index in [-0.39, 0.29) is 5.15 Å². The molecule has 1 heterocycles. The Morgan fingerprint density at radius 2 is 2.11 bits per heavy atom. The Hall–Kier alpha value is -1.39. The van der Waals surface area contributed by atoms with Gasteiger partial charge in [-0.15, -0.1) is 11.3 Å². The number of rotatable bonds is 2. The van der Waals surface area contributed by atoms with Gasteiger partial charge in [-0.2, -0.15) is 0 Å². The summed E-state index contributed by atoms with van der Waals surface area (Å²) in [5.41, 5.74) is 3.24. The molecule has 0 radical (unpaired) electrons. The first-order valence-corrected chi connectivity index (χ1v) is 6.54. The smallest absolute Gasteiger partial charge is 0.351 e. The average molecular weight is 282 g/mol. The number of carbonyl (C=O) groups is 1. The van der Waals surface area contributed by atoms with Crippen LogP contribution in [-0.4, -0.2) is 18.1 Å². The van der Waals surface area contributed by atoms with Crippen LogP contribution >= 0.6 is 22.9 Å². The number of aromatic nitrogens is 1. The lowest BCUT2D eigenvalue weighted by Crippen LogP contribution is -1.98. The molecule has 0 aliphatic carbocycles. The summed E-state index contributed by atoms with van der Waals surface area (Å²) in [4.78, 5) is 16.1. The fourth-order valence-corrected chi connectivity index (χ4v) is 2.89. The van der Waals surface area contributed by atoms with Gasteiger partial charge in [0.1, 0.15) is 5.01 Å². The molecular weight excluding hydrogens is 270 g/mol. The molecule has 5 heteroatoms. The summed E-state index contributed by atoms with van der Waals surface area (Å²) < 4.78 is 4.67. The van der Waals surface area contributed by atoms with Gasteiger partial charge in [0, 0.05) is 5.56 Å². The second kappa shape index (κ2) is 5.08. The van der Waals surface area contributed by atoms with E-state index in [9.17, 15) is 4.79 Å². The first kappa shape index (κ1) is 13.1. The number of hydrogen-bond acceptors (Lipinski definition) is 4. The molecule has 0 fully saturated rings. The Morgan fingerprint density at radius 1 is 1.39 bits per heavy atom. The minimum Gasteiger partial charge on any atom is -0.465 e. The van der Waals surface area contributed by atoms with Crippen molar-refractivity contribution in [2.24, 2.45) is 0 Å². The number of benzene rings is 1. The van der Waals surface area contributed by atoms with Crippen LogP contribution in [0.1, 0.15) is 20.8 Å². The molecule has 0 atom stereocenters. The third kappa shape index (κ3) is 2.40. The highest BCUT2D eigenvalue weighted by Gasteiger charge is 2.18. The van der Waals surface area contributed by atoms with Crippen molar-refractivity contribution in [3.05, 3.63) is 39.4 Å². The molecule has 0 amide bonds. The average Bonchev–Trinajstić information content (AvgIpc) is 2.73. The Labute approximate surface area is 114 Å². The molecule has 3 nitrogen and oxygen atoms in total. The maximum Gasteiger partial charge on any atom is 0.351 e. The van der Waals surface area contributed by atoms with Crippen molar-refractivity contribution >= 4 is 28.9 Å². The van der Waals surface area contributed by atoms with Crippen LogP contribution in [0.3, 0.4) is 0 Å². The van der Waals surface area contributed by atoms with Gasteiger partial charge in [0.25, 0.3) is 0 Å². The van der Waals surface area contributed by atoms with Crippen LogP contribution in [0.5, 0.6) is 0 Å². The van der Waals surface area contributed by atoms with Crippen LogP contribution in [0.4, 0.5) is 0 Å². The zero-order valence-corrected chi connectivity index (χ0v) is 11.9. The highest BCUT2D eigenvalue weighted by atomic mass is 35.5. The summed E-state index contributed by atoms with van der Waals surface area (Å²) in [7, 11) is 1.33. The third-order valence-corrected chi connectivity index (χ3v) is 4.03. The molecular formula is C13H12ClNO2S. The summed E-state index contributed by atoms with van der Waals surface area (Å²) in [6, 6.07) is 6.10. The molecule has 2 rings (SSSR count). The van der Waals surface area contributed by atoms with Crippen molar-refractivity contribution in [1.29, 1.82) is 0 Å². The van der Waals surface area contributed by atoms with Crippen molar-refractivity contribution in [3.8, 4) is 10.6 Å². The zero-order valence-electron chi connectivity index (χ0n) is 10.3. The van der Waals surface area contributed by atoms with Crippen molar-refractivity contribution in [2.75, 3.05) is 7.11 Å². The Morgan fingerprint density at radius 3 is 2.78 bits per heavy atom. The molecule has 0 N–H and O–H groups in total. The second-order valence-electron chi connectivity index (χ2n) is 3.95. The third-order valence-electron chi connectivity index (χ3n) is 2.58. The van der Waals surface area contributed by atoms with Crippen LogP contribution < -0.4 is 0 Å². The van der Waals surface area contributed by atoms with E-state index in [0.29, 0.717) is 4.88 Å². The SMILES string of the molecule is COC(=O)c1sc(-c2cc(C)ccc2C)nc1Cl. The van der Waals surface area contributed by atoms with E-state index in [2.05, 4.69) is 9.72 Å². The molecule has 0 saturated carbocycles. The molecule has 1 aromatic heterocycles. The molecule has 0 saturated heterocycles. The fraction of sp³-hybridized carbons (Fsp3) is 0.231. The van der Waals surface area contributed by atoms with Crippen LogP contribution in [0.25, 0.3) is 10.6 Å². The van der Waals surface area contributed by atoms with Crippen LogP contribution in [-0.2, 0) is 4.74 Å². The number of ether oxygens (including phenoxy) is 1. The molecule has 0 bridgehead atoms. The normalized spacial score (nSPS) is 10.4. The molecule has 1 aromatic carbocycles. The van der Waals surface area contributed by atoms with E-state index in [1.54, 1.807) is 0 Å². The van der Waals surface area contributed by atoms with Crippen LogP contribution in [0.15, 0.2) is 18.2 Å². The number of methoxy groups -OCH3 is 1. The highest BCUT2D eigenvalue weighted by Crippen LogP contribution is 2.33. The largest absolute Gasteiger partial charge is 0.465 e. The van der Waals surface area contributed by atoms with Gasteiger partial charge in [-0.1, -0.05) is 29.3 Å². The van der Waals surface area contributed by atoms with E-state index < -0.39 is 5.97 Å². The van der Waals surface area contributed by atoms with Crippen LogP contribution in [0, 0.1) is 13.8 Å². The molecule has 2 aromatic rings. The minimum atomic E-state index is -0.450. The van der Waals surface area contributed by atoms with E-state index >= 15 is 0 Å². The van der Waals surface area contributed by atoms with Gasteiger partial charge in [0.15, 0.2) is 10.0 Å². The molecule has 0 spiro atoms. The molecule has 0 unspecified atom stereocenters. The van der Waals surface area contributed by atoms with Gasteiger partial charge in [-0.25, -0.2) is 9.78 Å². The molecule has 94 valence electrons. The number of esters is 1. The summed E-state index contributed by atoms with van der Waals surface area (Å²) >= 11 is 7.21. The maximum absolute atomic E-state index is 11.5. The van der Waals surface area contributed by atoms with E-state index in [1.165, 1.54) is 18.4 Å².